The molecule has 0 atom stereocenters. The first kappa shape index (κ1) is 12.6. The summed E-state index contributed by atoms with van der Waals surface area (Å²) in [6, 6.07) is 0. The molecule has 0 fully saturated rings. The number of methoxy groups -OCH3 is 2. The van der Waals surface area contributed by atoms with Crippen LogP contribution in [0.15, 0.2) is 0 Å². The molecule has 0 aliphatic rings. The first-order chi connectivity index (χ1) is 7.45. The second-order valence-electron chi connectivity index (χ2n) is 3.31. The Morgan fingerprint density at radius 3 is 2.25 bits per heavy atom. The quantitative estimate of drug-likeness (QED) is 0.812. The zero-order valence-electron chi connectivity index (χ0n) is 9.55. The third kappa shape index (κ3) is 1.80. The van der Waals surface area contributed by atoms with E-state index in [-0.39, 0.29) is 11.3 Å². The van der Waals surface area contributed by atoms with Gasteiger partial charge in [0, 0.05) is 5.56 Å². The Labute approximate surface area is 98.7 Å². The van der Waals surface area contributed by atoms with Gasteiger partial charge in [-0.25, -0.2) is 4.79 Å². The summed E-state index contributed by atoms with van der Waals surface area (Å²) in [5.41, 5.74) is 0.928. The predicted octanol–water partition coefficient (Wildman–Crippen LogP) is 2.46. The first-order valence-electron chi connectivity index (χ1n) is 4.59. The first-order valence-corrected chi connectivity index (χ1v) is 4.97. The van der Waals surface area contributed by atoms with Gasteiger partial charge in [0.15, 0.2) is 0 Å². The van der Waals surface area contributed by atoms with E-state index >= 15 is 0 Å². The number of aromatic hydroxyl groups is 1. The predicted molar refractivity (Wildman–Crippen MR) is 60.5 cm³/mol. The minimum Gasteiger partial charge on any atom is -0.507 e. The van der Waals surface area contributed by atoms with Gasteiger partial charge in [0.05, 0.1) is 19.2 Å². The van der Waals surface area contributed by atoms with Crippen molar-refractivity contribution in [3.8, 4) is 11.5 Å². The van der Waals surface area contributed by atoms with E-state index in [0.29, 0.717) is 21.9 Å². The van der Waals surface area contributed by atoms with Crippen molar-refractivity contribution in [3.05, 3.63) is 21.7 Å². The van der Waals surface area contributed by atoms with Crippen LogP contribution in [0.5, 0.6) is 11.5 Å². The smallest absolute Gasteiger partial charge is 0.341 e. The molecule has 16 heavy (non-hydrogen) atoms. The van der Waals surface area contributed by atoms with Crippen LogP contribution in [0.3, 0.4) is 0 Å². The van der Waals surface area contributed by atoms with Gasteiger partial charge in [0.25, 0.3) is 0 Å². The standard InChI is InChI=1S/C11H13ClO4/c1-5-7(11(14)16-4)9(13)6(2)10(15-3)8(5)12/h13H,1-4H3. The fourth-order valence-corrected chi connectivity index (χ4v) is 1.83. The number of esters is 1. The molecule has 1 rings (SSSR count). The Bertz CT molecular complexity index is 411. The molecular formula is C11H13ClO4. The molecule has 1 aromatic rings. The second-order valence-corrected chi connectivity index (χ2v) is 3.69. The molecule has 1 aromatic carbocycles. The Morgan fingerprint density at radius 1 is 1.25 bits per heavy atom. The molecule has 0 spiro atoms. The molecule has 0 unspecified atom stereocenters. The summed E-state index contributed by atoms with van der Waals surface area (Å²) >= 11 is 6.03. The number of carbonyl (C=O) groups is 1. The van der Waals surface area contributed by atoms with Gasteiger partial charge >= 0.3 is 5.97 Å². The van der Waals surface area contributed by atoms with Crippen LogP contribution in [0, 0.1) is 13.8 Å². The SMILES string of the molecule is COC(=O)c1c(C)c(Cl)c(OC)c(C)c1O. The van der Waals surface area contributed by atoms with Gasteiger partial charge in [-0.2, -0.15) is 0 Å². The van der Waals surface area contributed by atoms with Crippen molar-refractivity contribution in [1.29, 1.82) is 0 Å². The van der Waals surface area contributed by atoms with Crippen LogP contribution < -0.4 is 4.74 Å². The van der Waals surface area contributed by atoms with Gasteiger partial charge in [-0.3, -0.25) is 0 Å². The number of halogens is 1. The molecular weight excluding hydrogens is 232 g/mol. The Kier molecular flexibility index (Phi) is 3.65. The van der Waals surface area contributed by atoms with Crippen LogP contribution in [0.25, 0.3) is 0 Å². The number of rotatable bonds is 2. The average Bonchev–Trinajstić information content (AvgIpc) is 2.27. The summed E-state index contributed by atoms with van der Waals surface area (Å²) in [6.07, 6.45) is 0. The summed E-state index contributed by atoms with van der Waals surface area (Å²) in [7, 11) is 2.69. The lowest BCUT2D eigenvalue weighted by atomic mass is 10.0. The van der Waals surface area contributed by atoms with Crippen molar-refractivity contribution in [1.82, 2.24) is 0 Å². The van der Waals surface area contributed by atoms with Gasteiger partial charge in [0.2, 0.25) is 0 Å². The molecule has 4 nitrogen and oxygen atoms in total. The topological polar surface area (TPSA) is 55.8 Å². The molecule has 0 aliphatic carbocycles. The number of phenolic OH excluding ortho intramolecular Hbond substituents is 1. The lowest BCUT2D eigenvalue weighted by molar-refractivity contribution is 0.0596. The van der Waals surface area contributed by atoms with E-state index in [0.717, 1.165) is 0 Å². The molecule has 88 valence electrons. The van der Waals surface area contributed by atoms with Gasteiger partial charge in [0.1, 0.15) is 17.1 Å². The number of hydrogen-bond acceptors (Lipinski definition) is 4. The van der Waals surface area contributed by atoms with Crippen molar-refractivity contribution in [2.45, 2.75) is 13.8 Å². The maximum Gasteiger partial charge on any atom is 0.341 e. The normalized spacial score (nSPS) is 10.1. The fourth-order valence-electron chi connectivity index (χ4n) is 1.51. The van der Waals surface area contributed by atoms with E-state index < -0.39 is 5.97 Å². The zero-order valence-corrected chi connectivity index (χ0v) is 10.3. The summed E-state index contributed by atoms with van der Waals surface area (Å²) < 4.78 is 9.64. The summed E-state index contributed by atoms with van der Waals surface area (Å²) in [4.78, 5) is 11.5. The van der Waals surface area contributed by atoms with Crippen molar-refractivity contribution in [2.75, 3.05) is 14.2 Å². The van der Waals surface area contributed by atoms with Gasteiger partial charge in [-0.05, 0) is 19.4 Å². The maximum atomic E-state index is 11.5. The summed E-state index contributed by atoms with van der Waals surface area (Å²) in [5, 5.41) is 10.2. The third-order valence-electron chi connectivity index (χ3n) is 2.43. The van der Waals surface area contributed by atoms with Crippen molar-refractivity contribution in [2.24, 2.45) is 0 Å². The highest BCUT2D eigenvalue weighted by molar-refractivity contribution is 6.33. The molecule has 1 N–H and O–H groups in total. The minimum atomic E-state index is -0.623. The number of ether oxygens (including phenoxy) is 2. The monoisotopic (exact) mass is 244 g/mol. The number of hydrogen-bond donors (Lipinski definition) is 1. The Hall–Kier alpha value is -1.42. The van der Waals surface area contributed by atoms with E-state index in [1.807, 2.05) is 0 Å². The molecule has 0 radical (unpaired) electrons. The fraction of sp³-hybridized carbons (Fsp3) is 0.364. The molecule has 0 aromatic heterocycles. The third-order valence-corrected chi connectivity index (χ3v) is 2.88. The molecule has 0 aliphatic heterocycles. The largest absolute Gasteiger partial charge is 0.507 e. The Balaban J connectivity index is 3.60. The highest BCUT2D eigenvalue weighted by Gasteiger charge is 2.23. The van der Waals surface area contributed by atoms with Crippen LogP contribution in [-0.4, -0.2) is 25.3 Å². The van der Waals surface area contributed by atoms with E-state index in [4.69, 9.17) is 16.3 Å². The number of carbonyl (C=O) groups excluding carboxylic acids is 1. The Morgan fingerprint density at radius 2 is 1.81 bits per heavy atom. The highest BCUT2D eigenvalue weighted by Crippen LogP contribution is 2.40. The second kappa shape index (κ2) is 4.61. The summed E-state index contributed by atoms with van der Waals surface area (Å²) in [5.74, 6) is -0.419. The van der Waals surface area contributed by atoms with Gasteiger partial charge in [-0.15, -0.1) is 0 Å². The minimum absolute atomic E-state index is 0.0748. The molecule has 0 heterocycles. The molecule has 5 heteroatoms. The lowest BCUT2D eigenvalue weighted by Gasteiger charge is -2.15. The van der Waals surface area contributed by atoms with Gasteiger partial charge in [-0.1, -0.05) is 11.6 Å². The zero-order chi connectivity index (χ0) is 12.5. The van der Waals surface area contributed by atoms with Crippen molar-refractivity contribution >= 4 is 17.6 Å². The number of benzene rings is 1. The van der Waals surface area contributed by atoms with Crippen LogP contribution in [0.1, 0.15) is 21.5 Å². The van der Waals surface area contributed by atoms with Crippen molar-refractivity contribution < 1.29 is 19.4 Å². The van der Waals surface area contributed by atoms with Crippen LogP contribution in [-0.2, 0) is 4.74 Å². The lowest BCUT2D eigenvalue weighted by Crippen LogP contribution is -2.07. The van der Waals surface area contributed by atoms with Gasteiger partial charge < -0.3 is 14.6 Å². The highest BCUT2D eigenvalue weighted by atomic mass is 35.5. The van der Waals surface area contributed by atoms with E-state index in [2.05, 4.69) is 4.74 Å². The van der Waals surface area contributed by atoms with E-state index in [1.165, 1.54) is 14.2 Å². The van der Waals surface area contributed by atoms with E-state index in [1.54, 1.807) is 13.8 Å². The molecule has 0 amide bonds. The molecule has 0 saturated heterocycles. The van der Waals surface area contributed by atoms with Crippen LogP contribution in [0.2, 0.25) is 5.02 Å². The molecule has 0 saturated carbocycles. The average molecular weight is 245 g/mol. The molecule has 0 bridgehead atoms. The van der Waals surface area contributed by atoms with Crippen LogP contribution >= 0.6 is 11.6 Å². The maximum absolute atomic E-state index is 11.5. The van der Waals surface area contributed by atoms with Crippen molar-refractivity contribution in [3.63, 3.8) is 0 Å². The summed E-state index contributed by atoms with van der Waals surface area (Å²) in [6.45, 7) is 3.24. The van der Waals surface area contributed by atoms with E-state index in [9.17, 15) is 9.90 Å². The van der Waals surface area contributed by atoms with Crippen LogP contribution in [0.4, 0.5) is 0 Å². The number of phenols is 1.